The highest BCUT2D eigenvalue weighted by Crippen LogP contribution is 2.25. The number of ketones is 1. The molecular weight excluding hydrogens is 282 g/mol. The van der Waals surface area contributed by atoms with Gasteiger partial charge in [0.2, 0.25) is 0 Å². The first-order chi connectivity index (χ1) is 10.5. The molecule has 0 spiro atoms. The van der Waals surface area contributed by atoms with Crippen molar-refractivity contribution in [1.29, 1.82) is 0 Å². The molecule has 22 heavy (non-hydrogen) atoms. The number of rotatable bonds is 3. The maximum Gasteiger partial charge on any atom is 0.367 e. The maximum atomic E-state index is 11.5. The Morgan fingerprint density at radius 3 is 2.45 bits per heavy atom. The smallest absolute Gasteiger partial charge is 0.367 e. The van der Waals surface area contributed by atoms with Crippen LogP contribution in [0.4, 0.5) is 0 Å². The van der Waals surface area contributed by atoms with Crippen LogP contribution in [0.5, 0.6) is 0 Å². The maximum absolute atomic E-state index is 11.5. The molecule has 2 heterocycles. The summed E-state index contributed by atoms with van der Waals surface area (Å²) in [5, 5.41) is 3.61. The summed E-state index contributed by atoms with van der Waals surface area (Å²) in [5.74, 6) is 0.726. The Balaban J connectivity index is 1.88. The van der Waals surface area contributed by atoms with E-state index >= 15 is 0 Å². The van der Waals surface area contributed by atoms with Crippen molar-refractivity contribution < 1.29 is 18.8 Å². The summed E-state index contributed by atoms with van der Waals surface area (Å²) in [6.07, 6.45) is 1.60. The summed E-state index contributed by atoms with van der Waals surface area (Å²) >= 11 is 0. The van der Waals surface area contributed by atoms with Crippen LogP contribution in [0.1, 0.15) is 30.0 Å². The van der Waals surface area contributed by atoms with Gasteiger partial charge in [-0.1, -0.05) is 29.4 Å². The topological polar surface area (TPSA) is 68.9 Å². The zero-order valence-electron chi connectivity index (χ0n) is 12.1. The van der Waals surface area contributed by atoms with Gasteiger partial charge >= 0.3 is 5.97 Å². The molecule has 110 valence electrons. The fraction of sp³-hybridized carbons (Fsp3) is 0.118. The average molecular weight is 295 g/mol. The number of nitrogens with zero attached hydrogens (tertiary/aromatic N) is 1. The van der Waals surface area contributed by atoms with Crippen LogP contribution < -0.4 is 0 Å². The molecule has 0 N–H and O–H groups in total. The molecule has 0 saturated carbocycles. The molecule has 3 rings (SSSR count). The van der Waals surface area contributed by atoms with Crippen LogP contribution in [-0.2, 0) is 9.63 Å². The van der Waals surface area contributed by atoms with Crippen molar-refractivity contribution in [3.05, 3.63) is 53.3 Å². The molecule has 1 aliphatic heterocycles. The van der Waals surface area contributed by atoms with Gasteiger partial charge in [0.25, 0.3) is 0 Å². The second-order valence-electron chi connectivity index (χ2n) is 4.95. The third-order valence-electron chi connectivity index (χ3n) is 3.36. The Morgan fingerprint density at radius 1 is 1.14 bits per heavy atom. The van der Waals surface area contributed by atoms with Crippen LogP contribution in [0.15, 0.2) is 51.5 Å². The van der Waals surface area contributed by atoms with Gasteiger partial charge in [-0.3, -0.25) is 4.79 Å². The number of benzene rings is 1. The Kier molecular flexibility index (Phi) is 3.47. The fourth-order valence-electron chi connectivity index (χ4n) is 2.12. The molecule has 0 saturated heterocycles. The van der Waals surface area contributed by atoms with E-state index in [2.05, 4.69) is 9.99 Å². The summed E-state index contributed by atoms with van der Waals surface area (Å²) in [7, 11) is 0. The zero-order chi connectivity index (χ0) is 15.7. The first-order valence-electron chi connectivity index (χ1n) is 6.74. The van der Waals surface area contributed by atoms with Crippen molar-refractivity contribution in [3.8, 4) is 11.3 Å². The highest BCUT2D eigenvalue weighted by molar-refractivity contribution is 6.24. The minimum Gasteiger partial charge on any atom is -0.457 e. The number of hydrogen-bond donors (Lipinski definition) is 0. The molecule has 1 aromatic carbocycles. The molecule has 0 bridgehead atoms. The standard InChI is InChI=1S/C17H13NO4/c1-10-15(17(20)22-18-10)9-14-7-8-16(21-14)13-5-3-12(4-6-13)11(2)19/h3-9H,1-2H3/b15-9-. The van der Waals surface area contributed by atoms with E-state index in [4.69, 9.17) is 4.42 Å². The number of carbonyl (C=O) groups is 2. The number of carbonyl (C=O) groups excluding carboxylic acids is 2. The Bertz CT molecular complexity index is 809. The fourth-order valence-corrected chi connectivity index (χ4v) is 2.12. The van der Waals surface area contributed by atoms with E-state index in [0.717, 1.165) is 5.56 Å². The van der Waals surface area contributed by atoms with Crippen LogP contribution in [0, 0.1) is 0 Å². The highest BCUT2D eigenvalue weighted by atomic mass is 16.7. The predicted octanol–water partition coefficient (Wildman–Crippen LogP) is 3.47. The number of hydrogen-bond acceptors (Lipinski definition) is 5. The monoisotopic (exact) mass is 295 g/mol. The minimum atomic E-state index is -0.485. The van der Waals surface area contributed by atoms with Crippen LogP contribution in [0.25, 0.3) is 17.4 Å². The van der Waals surface area contributed by atoms with Gasteiger partial charge in [-0.25, -0.2) is 4.79 Å². The molecule has 0 aliphatic carbocycles. The molecule has 1 aliphatic rings. The summed E-state index contributed by atoms with van der Waals surface area (Å²) in [6.45, 7) is 3.22. The summed E-state index contributed by atoms with van der Waals surface area (Å²) in [5.41, 5.74) is 2.41. The molecule has 0 amide bonds. The normalized spacial score (nSPS) is 15.8. The SMILES string of the molecule is CC(=O)c1ccc(-c2ccc(/C=C3\C(=O)ON=C3C)o2)cc1. The van der Waals surface area contributed by atoms with Crippen molar-refractivity contribution >= 4 is 23.5 Å². The lowest BCUT2D eigenvalue weighted by atomic mass is 10.1. The molecule has 5 heteroatoms. The Morgan fingerprint density at radius 2 is 1.86 bits per heavy atom. The van der Waals surface area contributed by atoms with Crippen LogP contribution in [0.2, 0.25) is 0 Å². The molecule has 0 atom stereocenters. The van der Waals surface area contributed by atoms with Crippen LogP contribution >= 0.6 is 0 Å². The van der Waals surface area contributed by atoms with Crippen LogP contribution in [-0.4, -0.2) is 17.5 Å². The van der Waals surface area contributed by atoms with Gasteiger partial charge in [0, 0.05) is 11.1 Å². The Labute approximate surface area is 126 Å². The van der Waals surface area contributed by atoms with Gasteiger partial charge in [-0.2, -0.15) is 0 Å². The van der Waals surface area contributed by atoms with Gasteiger partial charge in [-0.05, 0) is 32.1 Å². The van der Waals surface area contributed by atoms with E-state index in [-0.39, 0.29) is 5.78 Å². The largest absolute Gasteiger partial charge is 0.457 e. The van der Waals surface area contributed by atoms with E-state index in [9.17, 15) is 9.59 Å². The van der Waals surface area contributed by atoms with E-state index in [1.165, 1.54) is 6.92 Å². The van der Waals surface area contributed by atoms with Crippen molar-refractivity contribution in [2.45, 2.75) is 13.8 Å². The molecule has 2 aromatic rings. The number of furan rings is 1. The molecule has 1 aromatic heterocycles. The van der Waals surface area contributed by atoms with E-state index in [1.54, 1.807) is 31.2 Å². The molecule has 5 nitrogen and oxygen atoms in total. The summed E-state index contributed by atoms with van der Waals surface area (Å²) in [4.78, 5) is 27.3. The van der Waals surface area contributed by atoms with Gasteiger partial charge in [0.1, 0.15) is 11.5 Å². The number of oxime groups is 1. The summed E-state index contributed by atoms with van der Waals surface area (Å²) < 4.78 is 5.70. The summed E-state index contributed by atoms with van der Waals surface area (Å²) in [6, 6.07) is 10.7. The molecular formula is C17H13NO4. The second kappa shape index (κ2) is 5.44. The number of Topliss-reactive ketones (excluding diaryl/α,β-unsaturated/α-hetero) is 1. The Hall–Kier alpha value is -2.95. The predicted molar refractivity (Wildman–Crippen MR) is 81.3 cm³/mol. The van der Waals surface area contributed by atoms with E-state index < -0.39 is 5.97 Å². The van der Waals surface area contributed by atoms with Gasteiger partial charge in [0.15, 0.2) is 5.78 Å². The highest BCUT2D eigenvalue weighted by Gasteiger charge is 2.22. The van der Waals surface area contributed by atoms with Gasteiger partial charge < -0.3 is 9.25 Å². The van der Waals surface area contributed by atoms with Gasteiger partial charge in [-0.15, -0.1) is 0 Å². The van der Waals surface area contributed by atoms with E-state index in [1.807, 2.05) is 18.2 Å². The average Bonchev–Trinajstić information content (AvgIpc) is 3.10. The van der Waals surface area contributed by atoms with Crippen molar-refractivity contribution in [1.82, 2.24) is 0 Å². The quantitative estimate of drug-likeness (QED) is 0.494. The van der Waals surface area contributed by atoms with Crippen molar-refractivity contribution in [2.24, 2.45) is 5.16 Å². The lowest BCUT2D eigenvalue weighted by Crippen LogP contribution is -2.01. The van der Waals surface area contributed by atoms with Crippen molar-refractivity contribution in [3.63, 3.8) is 0 Å². The lowest BCUT2D eigenvalue weighted by molar-refractivity contribution is -0.136. The first-order valence-corrected chi connectivity index (χ1v) is 6.74. The second-order valence-corrected chi connectivity index (χ2v) is 4.95. The van der Waals surface area contributed by atoms with Crippen molar-refractivity contribution in [2.75, 3.05) is 0 Å². The third kappa shape index (κ3) is 2.61. The third-order valence-corrected chi connectivity index (χ3v) is 3.36. The van der Waals surface area contributed by atoms with E-state index in [0.29, 0.717) is 28.4 Å². The molecule has 0 fully saturated rings. The van der Waals surface area contributed by atoms with Gasteiger partial charge in [0.05, 0.1) is 11.3 Å². The zero-order valence-corrected chi connectivity index (χ0v) is 12.1. The first kappa shape index (κ1) is 14.0. The lowest BCUT2D eigenvalue weighted by Gasteiger charge is -1.99. The minimum absolute atomic E-state index is 0.0194. The molecule has 0 unspecified atom stereocenters. The van der Waals surface area contributed by atoms with Crippen LogP contribution in [0.3, 0.4) is 0 Å². The molecule has 0 radical (unpaired) electrons.